The predicted octanol–water partition coefficient (Wildman–Crippen LogP) is 2.89. The standard InChI is InChI=1S/C21H20F3N5O4/c1-12-5-16(13-6-15(32-2)9-25-7-13)27-18-17(12)19(31)29(20(18)33-4-3-30)14-8-26-28(10-14)11-21(22,23)24/h5-10,20,30H,3-4,11H2,1-2H3. The lowest BCUT2D eigenvalue weighted by Crippen LogP contribution is -2.30. The number of aromatic nitrogens is 4. The van der Waals surface area contributed by atoms with Gasteiger partial charge in [-0.15, -0.1) is 0 Å². The van der Waals surface area contributed by atoms with Crippen LogP contribution >= 0.6 is 0 Å². The molecular weight excluding hydrogens is 443 g/mol. The molecule has 0 bridgehead atoms. The van der Waals surface area contributed by atoms with Gasteiger partial charge in [0.15, 0.2) is 6.23 Å². The summed E-state index contributed by atoms with van der Waals surface area (Å²) in [6.07, 6.45) is -0.106. The molecule has 4 rings (SSSR count). The maximum atomic E-state index is 13.3. The minimum atomic E-state index is -4.47. The monoisotopic (exact) mass is 463 g/mol. The molecule has 1 unspecified atom stereocenters. The van der Waals surface area contributed by atoms with Crippen molar-refractivity contribution in [3.05, 3.63) is 53.7 Å². The smallest absolute Gasteiger partial charge is 0.408 e. The molecule has 1 N–H and O–H groups in total. The lowest BCUT2D eigenvalue weighted by atomic mass is 10.0. The number of hydrogen-bond acceptors (Lipinski definition) is 7. The maximum Gasteiger partial charge on any atom is 0.408 e. The Morgan fingerprint density at radius 3 is 2.70 bits per heavy atom. The van der Waals surface area contributed by atoms with E-state index in [4.69, 9.17) is 9.47 Å². The third-order valence-corrected chi connectivity index (χ3v) is 5.00. The number of amides is 1. The fraction of sp³-hybridized carbons (Fsp3) is 0.333. The Morgan fingerprint density at radius 2 is 2.00 bits per heavy atom. The van der Waals surface area contributed by atoms with Crippen LogP contribution in [-0.4, -0.2) is 57.3 Å². The van der Waals surface area contributed by atoms with Crippen molar-refractivity contribution in [3.8, 4) is 17.0 Å². The van der Waals surface area contributed by atoms with Crippen LogP contribution in [0, 0.1) is 6.92 Å². The molecule has 0 spiro atoms. The van der Waals surface area contributed by atoms with Crippen LogP contribution in [0.1, 0.15) is 27.8 Å². The van der Waals surface area contributed by atoms with E-state index in [9.17, 15) is 23.1 Å². The van der Waals surface area contributed by atoms with Crippen LogP contribution in [0.4, 0.5) is 18.9 Å². The molecule has 3 aromatic rings. The third-order valence-electron chi connectivity index (χ3n) is 5.00. The van der Waals surface area contributed by atoms with Crippen molar-refractivity contribution in [2.45, 2.75) is 25.9 Å². The van der Waals surface area contributed by atoms with Gasteiger partial charge in [-0.25, -0.2) is 4.98 Å². The number of alkyl halides is 3. The van der Waals surface area contributed by atoms with Crippen molar-refractivity contribution in [2.75, 3.05) is 25.2 Å². The maximum absolute atomic E-state index is 13.3. The Morgan fingerprint density at radius 1 is 1.21 bits per heavy atom. The van der Waals surface area contributed by atoms with E-state index in [0.29, 0.717) is 27.3 Å². The van der Waals surface area contributed by atoms with E-state index in [1.165, 1.54) is 12.0 Å². The van der Waals surface area contributed by atoms with Gasteiger partial charge >= 0.3 is 6.18 Å². The molecule has 0 aromatic carbocycles. The highest BCUT2D eigenvalue weighted by molar-refractivity contribution is 6.11. The summed E-state index contributed by atoms with van der Waals surface area (Å²) in [5.74, 6) is 0.0372. The van der Waals surface area contributed by atoms with Gasteiger partial charge in [0.25, 0.3) is 5.91 Å². The Labute approximate surface area is 186 Å². The van der Waals surface area contributed by atoms with Crippen molar-refractivity contribution in [3.63, 3.8) is 0 Å². The molecule has 0 fully saturated rings. The molecule has 33 heavy (non-hydrogen) atoms. The minimum absolute atomic E-state index is 0.115. The van der Waals surface area contributed by atoms with E-state index >= 15 is 0 Å². The van der Waals surface area contributed by atoms with Gasteiger partial charge in [0, 0.05) is 18.0 Å². The summed E-state index contributed by atoms with van der Waals surface area (Å²) >= 11 is 0. The number of ether oxygens (including phenoxy) is 2. The molecule has 3 aromatic heterocycles. The Hall–Kier alpha value is -3.51. The molecule has 4 heterocycles. The summed E-state index contributed by atoms with van der Waals surface area (Å²) in [5, 5.41) is 13.0. The van der Waals surface area contributed by atoms with Crippen molar-refractivity contribution in [1.82, 2.24) is 19.7 Å². The normalized spacial score (nSPS) is 15.8. The first-order valence-corrected chi connectivity index (χ1v) is 9.88. The predicted molar refractivity (Wildman–Crippen MR) is 110 cm³/mol. The number of carbonyl (C=O) groups excluding carboxylic acids is 1. The quantitative estimate of drug-likeness (QED) is 0.575. The van der Waals surface area contributed by atoms with Crippen LogP contribution < -0.4 is 9.64 Å². The number of hydrogen-bond donors (Lipinski definition) is 1. The summed E-state index contributed by atoms with van der Waals surface area (Å²) in [7, 11) is 1.51. The van der Waals surface area contributed by atoms with Crippen LogP contribution in [0.3, 0.4) is 0 Å². The number of aryl methyl sites for hydroxylation is 1. The van der Waals surface area contributed by atoms with E-state index in [-0.39, 0.29) is 30.2 Å². The van der Waals surface area contributed by atoms with Crippen LogP contribution in [0.15, 0.2) is 36.9 Å². The zero-order valence-corrected chi connectivity index (χ0v) is 17.7. The number of rotatable bonds is 7. The lowest BCUT2D eigenvalue weighted by molar-refractivity contribution is -0.142. The van der Waals surface area contributed by atoms with Gasteiger partial charge in [-0.1, -0.05) is 0 Å². The average molecular weight is 463 g/mol. The summed E-state index contributed by atoms with van der Waals surface area (Å²) < 4.78 is 49.9. The van der Waals surface area contributed by atoms with E-state index in [1.54, 1.807) is 31.5 Å². The van der Waals surface area contributed by atoms with Crippen molar-refractivity contribution in [1.29, 1.82) is 0 Å². The fourth-order valence-electron chi connectivity index (χ4n) is 3.64. The van der Waals surface area contributed by atoms with Gasteiger partial charge in [0.2, 0.25) is 0 Å². The fourth-order valence-corrected chi connectivity index (χ4v) is 3.64. The van der Waals surface area contributed by atoms with Gasteiger partial charge in [-0.3, -0.25) is 19.4 Å². The molecule has 12 heteroatoms. The number of anilines is 1. The first kappa shape index (κ1) is 22.7. The second-order valence-electron chi connectivity index (χ2n) is 7.33. The van der Waals surface area contributed by atoms with Crippen molar-refractivity contribution >= 4 is 11.6 Å². The zero-order chi connectivity index (χ0) is 23.8. The van der Waals surface area contributed by atoms with E-state index < -0.39 is 24.9 Å². The molecule has 0 aliphatic carbocycles. The zero-order valence-electron chi connectivity index (χ0n) is 17.7. The number of carbonyl (C=O) groups is 1. The summed E-state index contributed by atoms with van der Waals surface area (Å²) in [4.78, 5) is 23.2. The molecule has 1 atom stereocenters. The Bertz CT molecular complexity index is 1180. The molecular formula is C21H20F3N5O4. The van der Waals surface area contributed by atoms with E-state index in [0.717, 1.165) is 12.4 Å². The Balaban J connectivity index is 1.77. The van der Waals surface area contributed by atoms with Gasteiger partial charge < -0.3 is 14.6 Å². The minimum Gasteiger partial charge on any atom is -0.495 e. The molecule has 1 amide bonds. The number of methoxy groups -OCH3 is 1. The highest BCUT2D eigenvalue weighted by Gasteiger charge is 2.42. The largest absolute Gasteiger partial charge is 0.495 e. The van der Waals surface area contributed by atoms with Crippen LogP contribution in [0.5, 0.6) is 5.75 Å². The lowest BCUT2D eigenvalue weighted by Gasteiger charge is -2.23. The molecule has 1 aliphatic heterocycles. The van der Waals surface area contributed by atoms with E-state index in [1.807, 2.05) is 0 Å². The highest BCUT2D eigenvalue weighted by Crippen LogP contribution is 2.40. The first-order valence-electron chi connectivity index (χ1n) is 9.88. The van der Waals surface area contributed by atoms with E-state index in [2.05, 4.69) is 15.1 Å². The number of nitrogens with zero attached hydrogens (tertiary/aromatic N) is 5. The number of fused-ring (bicyclic) bond motifs is 1. The van der Waals surface area contributed by atoms with Crippen LogP contribution in [0.2, 0.25) is 0 Å². The molecule has 0 radical (unpaired) electrons. The second-order valence-corrected chi connectivity index (χ2v) is 7.33. The van der Waals surface area contributed by atoms with Crippen molar-refractivity contribution < 1.29 is 32.5 Å². The third kappa shape index (κ3) is 4.52. The summed E-state index contributed by atoms with van der Waals surface area (Å²) in [5.41, 5.74) is 2.44. The highest BCUT2D eigenvalue weighted by atomic mass is 19.4. The molecule has 1 aliphatic rings. The molecule has 174 valence electrons. The topological polar surface area (TPSA) is 103 Å². The van der Waals surface area contributed by atoms with Gasteiger partial charge in [-0.2, -0.15) is 18.3 Å². The van der Waals surface area contributed by atoms with Crippen molar-refractivity contribution in [2.24, 2.45) is 0 Å². The van der Waals surface area contributed by atoms with Gasteiger partial charge in [-0.05, 0) is 24.6 Å². The number of aliphatic hydroxyl groups is 1. The van der Waals surface area contributed by atoms with Gasteiger partial charge in [0.1, 0.15) is 18.0 Å². The van der Waals surface area contributed by atoms with Crippen LogP contribution in [0.25, 0.3) is 11.3 Å². The average Bonchev–Trinajstić information content (AvgIpc) is 3.32. The second kappa shape index (κ2) is 8.79. The first-order chi connectivity index (χ1) is 15.7. The summed E-state index contributed by atoms with van der Waals surface area (Å²) in [6, 6.07) is 3.45. The molecule has 0 saturated heterocycles. The van der Waals surface area contributed by atoms with Crippen LogP contribution in [-0.2, 0) is 11.3 Å². The number of aliphatic hydroxyl groups excluding tert-OH is 1. The van der Waals surface area contributed by atoms with Gasteiger partial charge in [0.05, 0.1) is 49.7 Å². The SMILES string of the molecule is COc1cncc(-c2cc(C)c3c(n2)C(OCCO)N(c2cnn(CC(F)(F)F)c2)C3=O)c1. The molecule has 0 saturated carbocycles. The molecule has 9 nitrogen and oxygen atoms in total. The number of pyridine rings is 2. The Kier molecular flexibility index (Phi) is 6.04. The number of halogens is 3. The summed E-state index contributed by atoms with van der Waals surface area (Å²) in [6.45, 7) is -0.000473.